The molecule has 28 heavy (non-hydrogen) atoms. The molecule has 142 valence electrons. The number of hydrogen-bond acceptors (Lipinski definition) is 4. The van der Waals surface area contributed by atoms with Gasteiger partial charge < -0.3 is 9.80 Å². The first-order chi connectivity index (χ1) is 13.6. The molecule has 0 N–H and O–H groups in total. The van der Waals surface area contributed by atoms with E-state index in [1.807, 2.05) is 35.2 Å². The summed E-state index contributed by atoms with van der Waals surface area (Å²) < 4.78 is 14.0. The number of amides is 1. The van der Waals surface area contributed by atoms with Crippen LogP contribution in [0.3, 0.4) is 0 Å². The van der Waals surface area contributed by atoms with Crippen LogP contribution >= 0.6 is 15.9 Å². The van der Waals surface area contributed by atoms with Gasteiger partial charge in [0.05, 0.1) is 5.69 Å². The van der Waals surface area contributed by atoms with Crippen LogP contribution in [0.5, 0.6) is 0 Å². The van der Waals surface area contributed by atoms with E-state index in [4.69, 9.17) is 0 Å². The number of halogens is 2. The van der Waals surface area contributed by atoms with Gasteiger partial charge in [-0.15, -0.1) is 0 Å². The molecule has 0 unspecified atom stereocenters. The lowest BCUT2D eigenvalue weighted by molar-refractivity contribution is 0.0746. The van der Waals surface area contributed by atoms with Gasteiger partial charge in [0.1, 0.15) is 18.0 Å². The molecule has 4 rings (SSSR count). The normalized spacial score (nSPS) is 14.2. The van der Waals surface area contributed by atoms with Crippen LogP contribution in [0.2, 0.25) is 0 Å². The second-order valence-electron chi connectivity index (χ2n) is 6.56. The maximum absolute atomic E-state index is 13.1. The Labute approximate surface area is 171 Å². The second kappa shape index (κ2) is 8.06. The lowest BCUT2D eigenvalue weighted by atomic mass is 10.1. The molecule has 1 saturated heterocycles. The maximum atomic E-state index is 13.1. The highest BCUT2D eigenvalue weighted by Crippen LogP contribution is 2.22. The van der Waals surface area contributed by atoms with Gasteiger partial charge >= 0.3 is 0 Å². The van der Waals surface area contributed by atoms with E-state index in [2.05, 4.69) is 30.8 Å². The monoisotopic (exact) mass is 440 g/mol. The Morgan fingerprint density at radius 2 is 1.71 bits per heavy atom. The van der Waals surface area contributed by atoms with Crippen LogP contribution < -0.4 is 4.90 Å². The quantitative estimate of drug-likeness (QED) is 0.617. The summed E-state index contributed by atoms with van der Waals surface area (Å²) in [5, 5.41) is 0. The lowest BCUT2D eigenvalue weighted by Gasteiger charge is -2.35. The molecule has 0 aliphatic carbocycles. The van der Waals surface area contributed by atoms with Crippen molar-refractivity contribution in [2.24, 2.45) is 0 Å². The van der Waals surface area contributed by atoms with Gasteiger partial charge in [-0.05, 0) is 42.5 Å². The zero-order valence-electron chi connectivity index (χ0n) is 15.1. The molecule has 2 aromatic carbocycles. The van der Waals surface area contributed by atoms with Gasteiger partial charge in [-0.2, -0.15) is 0 Å². The molecule has 1 fully saturated rings. The summed E-state index contributed by atoms with van der Waals surface area (Å²) in [6.45, 7) is 2.64. The van der Waals surface area contributed by atoms with Crippen molar-refractivity contribution in [2.75, 3.05) is 31.1 Å². The SMILES string of the molecule is O=C(c1cccc(Br)c1)N1CCN(c2cc(-c3ccc(F)cc3)ncn2)CC1. The van der Waals surface area contributed by atoms with Crippen molar-refractivity contribution >= 4 is 27.7 Å². The fourth-order valence-corrected chi connectivity index (χ4v) is 3.64. The highest BCUT2D eigenvalue weighted by molar-refractivity contribution is 9.10. The molecule has 1 aliphatic heterocycles. The number of rotatable bonds is 3. The molecule has 7 heteroatoms. The van der Waals surface area contributed by atoms with Crippen LogP contribution in [0.1, 0.15) is 10.4 Å². The highest BCUT2D eigenvalue weighted by Gasteiger charge is 2.23. The zero-order chi connectivity index (χ0) is 19.5. The van der Waals surface area contributed by atoms with E-state index in [0.29, 0.717) is 31.7 Å². The minimum Gasteiger partial charge on any atom is -0.353 e. The van der Waals surface area contributed by atoms with Gasteiger partial charge in [0.25, 0.3) is 5.91 Å². The number of carbonyl (C=O) groups excluding carboxylic acids is 1. The van der Waals surface area contributed by atoms with Crippen LogP contribution in [-0.2, 0) is 0 Å². The zero-order valence-corrected chi connectivity index (χ0v) is 16.6. The minimum absolute atomic E-state index is 0.0376. The third-order valence-corrected chi connectivity index (χ3v) is 5.25. The number of anilines is 1. The van der Waals surface area contributed by atoms with Gasteiger partial charge in [-0.3, -0.25) is 4.79 Å². The minimum atomic E-state index is -0.274. The first-order valence-corrected chi connectivity index (χ1v) is 9.77. The average molecular weight is 441 g/mol. The molecule has 1 aromatic heterocycles. The van der Waals surface area contributed by atoms with Crippen LogP contribution in [0.4, 0.5) is 10.2 Å². The number of aromatic nitrogens is 2. The topological polar surface area (TPSA) is 49.3 Å². The van der Waals surface area contributed by atoms with Crippen LogP contribution in [-0.4, -0.2) is 47.0 Å². The molecule has 0 bridgehead atoms. The number of piperazine rings is 1. The van der Waals surface area contributed by atoms with Gasteiger partial charge in [0.15, 0.2) is 0 Å². The van der Waals surface area contributed by atoms with Gasteiger partial charge in [-0.1, -0.05) is 22.0 Å². The Hall–Kier alpha value is -2.80. The van der Waals surface area contributed by atoms with Gasteiger partial charge in [0.2, 0.25) is 0 Å². The maximum Gasteiger partial charge on any atom is 0.254 e. The Balaban J connectivity index is 1.44. The van der Waals surface area contributed by atoms with E-state index in [1.54, 1.807) is 12.1 Å². The molecule has 0 atom stereocenters. The summed E-state index contributed by atoms with van der Waals surface area (Å²) >= 11 is 3.41. The van der Waals surface area contributed by atoms with E-state index in [1.165, 1.54) is 18.5 Å². The first kappa shape index (κ1) is 18.6. The van der Waals surface area contributed by atoms with Crippen molar-refractivity contribution in [3.8, 4) is 11.3 Å². The van der Waals surface area contributed by atoms with E-state index in [-0.39, 0.29) is 11.7 Å². The fourth-order valence-electron chi connectivity index (χ4n) is 3.24. The van der Waals surface area contributed by atoms with E-state index < -0.39 is 0 Å². The summed E-state index contributed by atoms with van der Waals surface area (Å²) in [7, 11) is 0. The summed E-state index contributed by atoms with van der Waals surface area (Å²) in [5.74, 6) is 0.573. The Morgan fingerprint density at radius 3 is 2.43 bits per heavy atom. The molecule has 5 nitrogen and oxygen atoms in total. The first-order valence-electron chi connectivity index (χ1n) is 8.98. The Kier molecular flexibility index (Phi) is 5.34. The summed E-state index contributed by atoms with van der Waals surface area (Å²) in [4.78, 5) is 25.4. The number of hydrogen-bond donors (Lipinski definition) is 0. The predicted molar refractivity (Wildman–Crippen MR) is 110 cm³/mol. The lowest BCUT2D eigenvalue weighted by Crippen LogP contribution is -2.49. The van der Waals surface area contributed by atoms with E-state index in [0.717, 1.165) is 21.5 Å². The van der Waals surface area contributed by atoms with Crippen LogP contribution in [0.15, 0.2) is 65.4 Å². The van der Waals surface area contributed by atoms with Crippen molar-refractivity contribution in [2.45, 2.75) is 0 Å². The standard InChI is InChI=1S/C21H18BrFN4O/c22-17-3-1-2-16(12-17)21(28)27-10-8-26(9-11-27)20-13-19(24-14-25-20)15-4-6-18(23)7-5-15/h1-7,12-14H,8-11H2. The van der Waals surface area contributed by atoms with Crippen molar-refractivity contribution in [1.82, 2.24) is 14.9 Å². The van der Waals surface area contributed by atoms with E-state index >= 15 is 0 Å². The Morgan fingerprint density at radius 1 is 0.964 bits per heavy atom. The van der Waals surface area contributed by atoms with Crippen molar-refractivity contribution in [1.29, 1.82) is 0 Å². The second-order valence-corrected chi connectivity index (χ2v) is 7.47. The van der Waals surface area contributed by atoms with Crippen molar-refractivity contribution in [3.63, 3.8) is 0 Å². The van der Waals surface area contributed by atoms with Crippen molar-refractivity contribution in [3.05, 3.63) is 76.8 Å². The van der Waals surface area contributed by atoms with Crippen molar-refractivity contribution < 1.29 is 9.18 Å². The molecule has 1 amide bonds. The molecule has 2 heterocycles. The van der Waals surface area contributed by atoms with Gasteiger partial charge in [0, 0.05) is 47.8 Å². The molecule has 0 spiro atoms. The third kappa shape index (κ3) is 4.04. The molecule has 3 aromatic rings. The Bertz CT molecular complexity index is 988. The molecule has 0 radical (unpaired) electrons. The third-order valence-electron chi connectivity index (χ3n) is 4.76. The molecule has 0 saturated carbocycles. The average Bonchev–Trinajstić information content (AvgIpc) is 2.74. The van der Waals surface area contributed by atoms with Crippen LogP contribution in [0.25, 0.3) is 11.3 Å². The largest absolute Gasteiger partial charge is 0.353 e. The summed E-state index contributed by atoms with van der Waals surface area (Å²) in [5.41, 5.74) is 2.27. The number of carbonyl (C=O) groups is 1. The number of nitrogens with zero attached hydrogens (tertiary/aromatic N) is 4. The summed E-state index contributed by atoms with van der Waals surface area (Å²) in [6.07, 6.45) is 1.52. The van der Waals surface area contributed by atoms with E-state index in [9.17, 15) is 9.18 Å². The smallest absolute Gasteiger partial charge is 0.254 e. The number of benzene rings is 2. The summed E-state index contributed by atoms with van der Waals surface area (Å²) in [6, 6.07) is 15.6. The molecular formula is C21H18BrFN4O. The predicted octanol–water partition coefficient (Wildman–Crippen LogP) is 4.01. The van der Waals surface area contributed by atoms with Gasteiger partial charge in [-0.25, -0.2) is 14.4 Å². The highest BCUT2D eigenvalue weighted by atomic mass is 79.9. The van der Waals surface area contributed by atoms with Crippen LogP contribution in [0, 0.1) is 5.82 Å². The fraction of sp³-hybridized carbons (Fsp3) is 0.190. The molecule has 1 aliphatic rings. The molecular weight excluding hydrogens is 423 g/mol.